The molecule has 0 atom stereocenters. The van der Waals surface area contributed by atoms with Crippen molar-refractivity contribution < 1.29 is 9.32 Å². The van der Waals surface area contributed by atoms with E-state index < -0.39 is 5.76 Å². The van der Waals surface area contributed by atoms with Gasteiger partial charge in [0.2, 0.25) is 5.91 Å². The number of carbonyl (C=O) groups is 1. The number of nitrogens with zero attached hydrogens (tertiary/aromatic N) is 2. The summed E-state index contributed by atoms with van der Waals surface area (Å²) in [6.45, 7) is 7.44. The highest BCUT2D eigenvalue weighted by atomic mass is 16.5. The van der Waals surface area contributed by atoms with E-state index in [4.69, 9.17) is 0 Å². The van der Waals surface area contributed by atoms with Crippen molar-refractivity contribution in [3.63, 3.8) is 0 Å². The van der Waals surface area contributed by atoms with Crippen LogP contribution in [0.5, 0.6) is 0 Å². The van der Waals surface area contributed by atoms with Crippen LogP contribution < -0.4 is 11.1 Å². The van der Waals surface area contributed by atoms with Gasteiger partial charge >= 0.3 is 5.76 Å². The Kier molecular flexibility index (Phi) is 3.87. The average Bonchev–Trinajstić information content (AvgIpc) is 2.46. The van der Waals surface area contributed by atoms with E-state index in [2.05, 4.69) is 15.0 Å². The molecule has 1 aromatic rings. The maximum Gasteiger partial charge on any atom is 0.442 e. The molecule has 0 saturated carbocycles. The molecule has 6 heteroatoms. The number of hydrogen-bond acceptors (Lipinski definition) is 4. The number of nitrogens with one attached hydrogen (secondary N) is 1. The Morgan fingerprint density at radius 2 is 2.06 bits per heavy atom. The molecule has 1 rings (SSSR count). The SMILES string of the molecule is CC(C)NC(=O)Cn1c(C(C)C)noc1=O. The first-order valence-corrected chi connectivity index (χ1v) is 5.27. The summed E-state index contributed by atoms with van der Waals surface area (Å²) in [5, 5.41) is 6.35. The van der Waals surface area contributed by atoms with Crippen LogP contribution in [0.15, 0.2) is 9.32 Å². The fourth-order valence-electron chi connectivity index (χ4n) is 1.35. The Hall–Kier alpha value is -1.59. The summed E-state index contributed by atoms with van der Waals surface area (Å²) >= 11 is 0. The Labute approximate surface area is 93.6 Å². The summed E-state index contributed by atoms with van der Waals surface area (Å²) in [5.41, 5.74) is 0. The van der Waals surface area contributed by atoms with Gasteiger partial charge in [-0.2, -0.15) is 0 Å². The first-order valence-electron chi connectivity index (χ1n) is 5.27. The van der Waals surface area contributed by atoms with Gasteiger partial charge in [0.1, 0.15) is 6.54 Å². The minimum absolute atomic E-state index is 0.0401. The molecule has 1 heterocycles. The molecule has 0 spiro atoms. The maximum atomic E-state index is 11.5. The van der Waals surface area contributed by atoms with Gasteiger partial charge in [-0.15, -0.1) is 0 Å². The van der Waals surface area contributed by atoms with Crippen LogP contribution in [-0.2, 0) is 11.3 Å². The van der Waals surface area contributed by atoms with Crippen LogP contribution in [0.2, 0.25) is 0 Å². The van der Waals surface area contributed by atoms with Gasteiger partial charge < -0.3 is 5.32 Å². The van der Waals surface area contributed by atoms with E-state index >= 15 is 0 Å². The van der Waals surface area contributed by atoms with Gasteiger partial charge in [0.25, 0.3) is 0 Å². The third-order valence-corrected chi connectivity index (χ3v) is 1.98. The lowest BCUT2D eigenvalue weighted by Crippen LogP contribution is -2.35. The average molecular weight is 227 g/mol. The third kappa shape index (κ3) is 2.95. The van der Waals surface area contributed by atoms with Gasteiger partial charge in [-0.3, -0.25) is 13.9 Å². The van der Waals surface area contributed by atoms with Crippen LogP contribution in [-0.4, -0.2) is 21.7 Å². The van der Waals surface area contributed by atoms with E-state index in [1.54, 1.807) is 0 Å². The number of carbonyl (C=O) groups excluding carboxylic acids is 1. The van der Waals surface area contributed by atoms with Crippen molar-refractivity contribution in [2.75, 3.05) is 0 Å². The van der Waals surface area contributed by atoms with E-state index in [0.717, 1.165) is 0 Å². The molecule has 0 bridgehead atoms. The molecule has 0 radical (unpaired) electrons. The molecule has 90 valence electrons. The summed E-state index contributed by atoms with van der Waals surface area (Å²) in [7, 11) is 0. The molecule has 1 amide bonds. The molecular formula is C10H17N3O3. The highest BCUT2D eigenvalue weighted by Crippen LogP contribution is 2.08. The molecular weight excluding hydrogens is 210 g/mol. The van der Waals surface area contributed by atoms with E-state index in [-0.39, 0.29) is 24.4 Å². The van der Waals surface area contributed by atoms with E-state index in [9.17, 15) is 9.59 Å². The van der Waals surface area contributed by atoms with Gasteiger partial charge in [0, 0.05) is 12.0 Å². The number of hydrogen-bond donors (Lipinski definition) is 1. The summed E-state index contributed by atoms with van der Waals surface area (Å²) in [4.78, 5) is 22.8. The van der Waals surface area contributed by atoms with Crippen LogP contribution in [0.4, 0.5) is 0 Å². The predicted octanol–water partition coefficient (Wildman–Crippen LogP) is 0.484. The molecule has 6 nitrogen and oxygen atoms in total. The van der Waals surface area contributed by atoms with Crippen LogP contribution in [0.3, 0.4) is 0 Å². The second-order valence-corrected chi connectivity index (χ2v) is 4.27. The highest BCUT2D eigenvalue weighted by Gasteiger charge is 2.16. The lowest BCUT2D eigenvalue weighted by molar-refractivity contribution is -0.122. The maximum absolute atomic E-state index is 11.5. The third-order valence-electron chi connectivity index (χ3n) is 1.98. The number of amides is 1. The molecule has 0 saturated heterocycles. The summed E-state index contributed by atoms with van der Waals surface area (Å²) in [5.74, 6) is -0.285. The second-order valence-electron chi connectivity index (χ2n) is 4.27. The van der Waals surface area contributed by atoms with E-state index in [1.165, 1.54) is 4.57 Å². The van der Waals surface area contributed by atoms with Crippen LogP contribution in [0, 0.1) is 0 Å². The van der Waals surface area contributed by atoms with Crippen LogP contribution >= 0.6 is 0 Å². The minimum Gasteiger partial charge on any atom is -0.352 e. The first kappa shape index (κ1) is 12.5. The molecule has 1 N–H and O–H groups in total. The van der Waals surface area contributed by atoms with E-state index in [1.807, 2.05) is 27.7 Å². The Morgan fingerprint density at radius 3 is 2.56 bits per heavy atom. The topological polar surface area (TPSA) is 77.1 Å². The van der Waals surface area contributed by atoms with Crippen molar-refractivity contribution >= 4 is 5.91 Å². The van der Waals surface area contributed by atoms with E-state index in [0.29, 0.717) is 5.82 Å². The molecule has 0 aliphatic rings. The van der Waals surface area contributed by atoms with Crippen molar-refractivity contribution in [3.8, 4) is 0 Å². The molecule has 0 fully saturated rings. The van der Waals surface area contributed by atoms with Crippen molar-refractivity contribution in [2.24, 2.45) is 0 Å². The molecule has 0 aliphatic heterocycles. The zero-order valence-corrected chi connectivity index (χ0v) is 9.98. The minimum atomic E-state index is -0.595. The summed E-state index contributed by atoms with van der Waals surface area (Å²) in [6, 6.07) is 0.0468. The Balaban J connectivity index is 2.84. The van der Waals surface area contributed by atoms with Crippen molar-refractivity contribution in [2.45, 2.75) is 46.2 Å². The van der Waals surface area contributed by atoms with Gasteiger partial charge in [0.15, 0.2) is 5.82 Å². The quantitative estimate of drug-likeness (QED) is 0.811. The van der Waals surface area contributed by atoms with Gasteiger partial charge in [0.05, 0.1) is 0 Å². The molecule has 1 aromatic heterocycles. The lowest BCUT2D eigenvalue weighted by Gasteiger charge is -2.09. The molecule has 0 aliphatic carbocycles. The van der Waals surface area contributed by atoms with Gasteiger partial charge in [-0.1, -0.05) is 19.0 Å². The normalized spacial score (nSPS) is 11.1. The fraction of sp³-hybridized carbons (Fsp3) is 0.700. The second kappa shape index (κ2) is 4.96. The number of rotatable bonds is 4. The highest BCUT2D eigenvalue weighted by molar-refractivity contribution is 5.75. The van der Waals surface area contributed by atoms with Gasteiger partial charge in [-0.25, -0.2) is 4.79 Å². The van der Waals surface area contributed by atoms with Crippen molar-refractivity contribution in [1.82, 2.24) is 15.0 Å². The smallest absolute Gasteiger partial charge is 0.352 e. The molecule has 0 aromatic carbocycles. The predicted molar refractivity (Wildman–Crippen MR) is 58.1 cm³/mol. The standard InChI is InChI=1S/C10H17N3O3/c1-6(2)9-12-16-10(15)13(9)5-8(14)11-7(3)4/h6-7H,5H2,1-4H3,(H,11,14). The largest absolute Gasteiger partial charge is 0.442 e. The van der Waals surface area contributed by atoms with Gasteiger partial charge in [-0.05, 0) is 13.8 Å². The summed E-state index contributed by atoms with van der Waals surface area (Å²) < 4.78 is 5.79. The van der Waals surface area contributed by atoms with Crippen LogP contribution in [0.25, 0.3) is 0 Å². The zero-order valence-electron chi connectivity index (χ0n) is 9.98. The molecule has 0 unspecified atom stereocenters. The molecule has 16 heavy (non-hydrogen) atoms. The summed E-state index contributed by atoms with van der Waals surface area (Å²) in [6.07, 6.45) is 0. The van der Waals surface area contributed by atoms with Crippen LogP contribution in [0.1, 0.15) is 39.4 Å². The number of aromatic nitrogens is 2. The first-order chi connectivity index (χ1) is 7.41. The zero-order chi connectivity index (χ0) is 12.3. The van der Waals surface area contributed by atoms with Crippen molar-refractivity contribution in [3.05, 3.63) is 16.4 Å². The van der Waals surface area contributed by atoms with Crippen molar-refractivity contribution in [1.29, 1.82) is 0 Å². The fourth-order valence-corrected chi connectivity index (χ4v) is 1.35. The monoisotopic (exact) mass is 227 g/mol. The Morgan fingerprint density at radius 1 is 1.44 bits per heavy atom. The Bertz CT molecular complexity index is 417. The lowest BCUT2D eigenvalue weighted by atomic mass is 10.2.